The zero-order valence-corrected chi connectivity index (χ0v) is 16.8. The number of hydrogen-bond acceptors (Lipinski definition) is 2. The Morgan fingerprint density at radius 2 is 1.92 bits per heavy atom. The van der Waals surface area contributed by atoms with E-state index in [1.165, 1.54) is 27.8 Å². The van der Waals surface area contributed by atoms with E-state index in [1.807, 2.05) is 7.05 Å². The van der Waals surface area contributed by atoms with Crippen molar-refractivity contribution in [1.29, 1.82) is 0 Å². The van der Waals surface area contributed by atoms with Crippen LogP contribution in [0.25, 0.3) is 0 Å². The van der Waals surface area contributed by atoms with E-state index < -0.39 is 0 Å². The lowest BCUT2D eigenvalue weighted by molar-refractivity contribution is 0.777. The predicted octanol–water partition coefficient (Wildman–Crippen LogP) is 5.70. The summed E-state index contributed by atoms with van der Waals surface area (Å²) in [7, 11) is 1.97. The highest BCUT2D eigenvalue weighted by atomic mass is 15.0. The van der Waals surface area contributed by atoms with Gasteiger partial charge in [-0.2, -0.15) is 0 Å². The first-order valence-electron chi connectivity index (χ1n) is 9.11. The lowest BCUT2D eigenvalue weighted by Crippen LogP contribution is -2.21. The zero-order chi connectivity index (χ0) is 18.8. The molecule has 0 fully saturated rings. The van der Waals surface area contributed by atoms with Gasteiger partial charge in [0, 0.05) is 13.6 Å². The molecule has 0 atom stereocenters. The van der Waals surface area contributed by atoms with Crippen LogP contribution in [0.5, 0.6) is 0 Å². The minimum atomic E-state index is 0.787. The normalized spacial score (nSPS) is 13.0. The maximum atomic E-state index is 4.24. The molecular formula is C23H34N2. The molecule has 2 N–H and O–H groups in total. The van der Waals surface area contributed by atoms with E-state index in [4.69, 9.17) is 0 Å². The van der Waals surface area contributed by atoms with Crippen LogP contribution in [-0.2, 0) is 6.54 Å². The summed E-state index contributed by atoms with van der Waals surface area (Å²) >= 11 is 0. The van der Waals surface area contributed by atoms with Gasteiger partial charge < -0.3 is 10.6 Å². The van der Waals surface area contributed by atoms with E-state index >= 15 is 0 Å². The summed E-state index contributed by atoms with van der Waals surface area (Å²) in [5, 5.41) is 6.80. The van der Waals surface area contributed by atoms with E-state index in [0.717, 1.165) is 30.8 Å². The van der Waals surface area contributed by atoms with Crippen LogP contribution in [0.4, 0.5) is 0 Å². The Hall–Kier alpha value is -2.22. The summed E-state index contributed by atoms with van der Waals surface area (Å²) in [5.74, 6) is 0. The molecule has 0 saturated heterocycles. The van der Waals surface area contributed by atoms with Crippen molar-refractivity contribution in [2.45, 2.75) is 54.0 Å². The first kappa shape index (κ1) is 20.8. The molecule has 1 aromatic rings. The number of allylic oxidation sites excluding steroid dienone is 5. The smallest absolute Gasteiger partial charge is 0.0562 e. The molecule has 0 aliphatic carbocycles. The van der Waals surface area contributed by atoms with E-state index in [1.54, 1.807) is 0 Å². The van der Waals surface area contributed by atoms with Crippen molar-refractivity contribution in [1.82, 2.24) is 10.6 Å². The second kappa shape index (κ2) is 10.6. The molecule has 0 unspecified atom stereocenters. The molecule has 0 aliphatic heterocycles. The van der Waals surface area contributed by atoms with Crippen molar-refractivity contribution in [2.24, 2.45) is 0 Å². The van der Waals surface area contributed by atoms with Crippen molar-refractivity contribution in [3.8, 4) is 0 Å². The molecule has 1 rings (SSSR count). The molecule has 2 nitrogen and oxygen atoms in total. The van der Waals surface area contributed by atoms with Crippen LogP contribution >= 0.6 is 0 Å². The molecule has 0 heterocycles. The Labute approximate surface area is 154 Å². The average Bonchev–Trinajstić information content (AvgIpc) is 2.61. The third-order valence-electron chi connectivity index (χ3n) is 4.61. The van der Waals surface area contributed by atoms with Crippen molar-refractivity contribution >= 4 is 0 Å². The molecule has 25 heavy (non-hydrogen) atoms. The number of hydrogen-bond donors (Lipinski definition) is 2. The van der Waals surface area contributed by atoms with Gasteiger partial charge in [0.25, 0.3) is 0 Å². The van der Waals surface area contributed by atoms with E-state index in [9.17, 15) is 0 Å². The molecule has 0 bridgehead atoms. The van der Waals surface area contributed by atoms with E-state index in [-0.39, 0.29) is 0 Å². The number of nitrogens with one attached hydrogen (secondary N) is 2. The fraction of sp³-hybridized carbons (Fsp3) is 0.391. The standard InChI is InChI=1S/C23H34N2/c1-8-17(3)11-10-12-22(9-2)23(24-7)20(6)25-16-21-14-13-18(4)19(5)15-21/h8,10-11,13-15,24-25H,6,9,12,16H2,1-5,7H3/b11-10-,17-8-,23-22-. The summed E-state index contributed by atoms with van der Waals surface area (Å²) in [5.41, 5.74) is 8.65. The highest BCUT2D eigenvalue weighted by molar-refractivity contribution is 5.34. The molecule has 0 saturated carbocycles. The van der Waals surface area contributed by atoms with Gasteiger partial charge in [0.1, 0.15) is 0 Å². The Bertz CT molecular complexity index is 675. The highest BCUT2D eigenvalue weighted by Gasteiger charge is 2.07. The van der Waals surface area contributed by atoms with E-state index in [0.29, 0.717) is 0 Å². The Morgan fingerprint density at radius 1 is 1.20 bits per heavy atom. The third-order valence-corrected chi connectivity index (χ3v) is 4.61. The summed E-state index contributed by atoms with van der Waals surface area (Å²) in [6, 6.07) is 6.59. The fourth-order valence-electron chi connectivity index (χ4n) is 2.66. The average molecular weight is 339 g/mol. The van der Waals surface area contributed by atoms with Gasteiger partial charge in [-0.15, -0.1) is 0 Å². The van der Waals surface area contributed by atoms with Gasteiger partial charge in [-0.1, -0.05) is 55.5 Å². The first-order chi connectivity index (χ1) is 11.9. The van der Waals surface area contributed by atoms with Gasteiger partial charge in [-0.05, 0) is 62.8 Å². The van der Waals surface area contributed by atoms with Crippen molar-refractivity contribution < 1.29 is 0 Å². The van der Waals surface area contributed by atoms with Crippen LogP contribution in [0.2, 0.25) is 0 Å². The van der Waals surface area contributed by atoms with Crippen molar-refractivity contribution in [3.63, 3.8) is 0 Å². The number of likely N-dealkylation sites (N-methyl/N-ethyl adjacent to an activating group) is 1. The van der Waals surface area contributed by atoms with Gasteiger partial charge >= 0.3 is 0 Å². The molecular weight excluding hydrogens is 304 g/mol. The second-order valence-corrected chi connectivity index (χ2v) is 6.47. The van der Waals surface area contributed by atoms with Crippen LogP contribution in [0.15, 0.2) is 65.5 Å². The number of benzene rings is 1. The Balaban J connectivity index is 2.82. The molecule has 2 heteroatoms. The molecule has 1 aromatic carbocycles. The van der Waals surface area contributed by atoms with Crippen LogP contribution in [0.3, 0.4) is 0 Å². The van der Waals surface area contributed by atoms with Crippen LogP contribution in [-0.4, -0.2) is 7.05 Å². The molecule has 0 amide bonds. The van der Waals surface area contributed by atoms with E-state index in [2.05, 4.69) is 88.3 Å². The van der Waals surface area contributed by atoms with Crippen molar-refractivity contribution in [3.05, 3.63) is 82.2 Å². The SMILES string of the molecule is C=C(NCc1ccc(C)c(C)c1)/C(NC)=C(\CC)C/C=C\C(C)=C/C. The second-order valence-electron chi connectivity index (χ2n) is 6.47. The van der Waals surface area contributed by atoms with Crippen molar-refractivity contribution in [2.75, 3.05) is 7.05 Å². The lowest BCUT2D eigenvalue weighted by Gasteiger charge is -2.18. The minimum Gasteiger partial charge on any atom is -0.386 e. The largest absolute Gasteiger partial charge is 0.386 e. The quantitative estimate of drug-likeness (QED) is 0.564. The summed E-state index contributed by atoms with van der Waals surface area (Å²) in [6.45, 7) is 15.7. The van der Waals surface area contributed by atoms with Gasteiger partial charge in [-0.3, -0.25) is 0 Å². The topological polar surface area (TPSA) is 24.1 Å². The van der Waals surface area contributed by atoms with Gasteiger partial charge in [0.05, 0.1) is 11.4 Å². The van der Waals surface area contributed by atoms with Gasteiger partial charge in [0.2, 0.25) is 0 Å². The Morgan fingerprint density at radius 3 is 2.48 bits per heavy atom. The van der Waals surface area contributed by atoms with Crippen LogP contribution < -0.4 is 10.6 Å². The number of rotatable bonds is 9. The monoisotopic (exact) mass is 338 g/mol. The summed E-state index contributed by atoms with van der Waals surface area (Å²) in [6.07, 6.45) is 8.45. The summed E-state index contributed by atoms with van der Waals surface area (Å²) in [4.78, 5) is 0. The molecule has 0 aromatic heterocycles. The van der Waals surface area contributed by atoms with Crippen LogP contribution in [0, 0.1) is 13.8 Å². The first-order valence-corrected chi connectivity index (χ1v) is 9.11. The third kappa shape index (κ3) is 6.66. The predicted molar refractivity (Wildman–Crippen MR) is 111 cm³/mol. The fourth-order valence-corrected chi connectivity index (χ4v) is 2.66. The molecule has 0 aliphatic rings. The highest BCUT2D eigenvalue weighted by Crippen LogP contribution is 2.17. The zero-order valence-electron chi connectivity index (χ0n) is 16.8. The lowest BCUT2D eigenvalue weighted by atomic mass is 10.0. The van der Waals surface area contributed by atoms with Gasteiger partial charge in [-0.25, -0.2) is 0 Å². The molecule has 136 valence electrons. The minimum absolute atomic E-state index is 0.787. The Kier molecular flexibility index (Phi) is 8.83. The molecule has 0 spiro atoms. The number of aryl methyl sites for hydroxylation is 2. The van der Waals surface area contributed by atoms with Crippen LogP contribution in [0.1, 0.15) is 50.3 Å². The maximum Gasteiger partial charge on any atom is 0.0562 e. The summed E-state index contributed by atoms with van der Waals surface area (Å²) < 4.78 is 0. The van der Waals surface area contributed by atoms with Gasteiger partial charge in [0.15, 0.2) is 0 Å². The maximum absolute atomic E-state index is 4.24. The molecule has 0 radical (unpaired) electrons.